The van der Waals surface area contributed by atoms with Crippen molar-refractivity contribution >= 4 is 17.6 Å². The highest BCUT2D eigenvalue weighted by Crippen LogP contribution is 2.35. The second-order valence-electron chi connectivity index (χ2n) is 5.59. The van der Waals surface area contributed by atoms with Crippen molar-refractivity contribution in [3.8, 4) is 35.2 Å². The standard InChI is InChI=1S/C20H13N7OS/c21-6-8-28-14-4-5-17(26-11-14)18-15(9-22)19(24)27-20(16(18)10-23)29-12-13-3-1-2-7-25-13/h1-5,7,11H,8,12H2,(H2,24,27). The van der Waals surface area contributed by atoms with E-state index in [1.165, 1.54) is 18.0 Å². The van der Waals surface area contributed by atoms with Gasteiger partial charge in [-0.25, -0.2) is 4.98 Å². The maximum Gasteiger partial charge on any atom is 0.174 e. The number of nitrogens with two attached hydrogens (primary N) is 1. The summed E-state index contributed by atoms with van der Waals surface area (Å²) in [7, 11) is 0. The van der Waals surface area contributed by atoms with Crippen LogP contribution in [0.2, 0.25) is 0 Å². The van der Waals surface area contributed by atoms with Crippen molar-refractivity contribution in [2.24, 2.45) is 0 Å². The van der Waals surface area contributed by atoms with Crippen LogP contribution in [-0.2, 0) is 5.75 Å². The molecular formula is C20H13N7OS. The molecule has 3 rings (SSSR count). The van der Waals surface area contributed by atoms with E-state index in [0.29, 0.717) is 27.8 Å². The predicted octanol–water partition coefficient (Wildman–Crippen LogP) is 3.06. The number of hydrogen-bond acceptors (Lipinski definition) is 9. The van der Waals surface area contributed by atoms with Gasteiger partial charge >= 0.3 is 0 Å². The number of aromatic nitrogens is 3. The molecule has 8 nitrogen and oxygen atoms in total. The Morgan fingerprint density at radius 2 is 1.86 bits per heavy atom. The van der Waals surface area contributed by atoms with E-state index in [1.54, 1.807) is 18.3 Å². The second-order valence-corrected chi connectivity index (χ2v) is 6.55. The van der Waals surface area contributed by atoms with Crippen LogP contribution in [-0.4, -0.2) is 21.6 Å². The van der Waals surface area contributed by atoms with Crippen molar-refractivity contribution in [2.45, 2.75) is 10.8 Å². The SMILES string of the molecule is N#CCOc1ccc(-c2c(C#N)c(N)nc(SCc3ccccn3)c2C#N)nc1. The summed E-state index contributed by atoms with van der Waals surface area (Å²) in [6.45, 7) is -0.107. The molecule has 0 saturated heterocycles. The minimum absolute atomic E-state index is 0.0247. The monoisotopic (exact) mass is 399 g/mol. The Morgan fingerprint density at radius 3 is 2.48 bits per heavy atom. The van der Waals surface area contributed by atoms with Crippen molar-refractivity contribution < 1.29 is 4.74 Å². The summed E-state index contributed by atoms with van der Waals surface area (Å²) in [6.07, 6.45) is 3.11. The van der Waals surface area contributed by atoms with E-state index in [4.69, 9.17) is 15.7 Å². The lowest BCUT2D eigenvalue weighted by Crippen LogP contribution is -2.04. The van der Waals surface area contributed by atoms with Crippen LogP contribution in [0.25, 0.3) is 11.3 Å². The number of thioether (sulfide) groups is 1. The fourth-order valence-corrected chi connectivity index (χ4v) is 3.42. The number of nitrogen functional groups attached to an aromatic ring is 1. The summed E-state index contributed by atoms with van der Waals surface area (Å²) in [5.74, 6) is 0.914. The minimum atomic E-state index is -0.107. The molecule has 140 valence electrons. The number of nitriles is 3. The van der Waals surface area contributed by atoms with Crippen molar-refractivity contribution in [1.82, 2.24) is 15.0 Å². The first-order valence-electron chi connectivity index (χ1n) is 8.30. The zero-order valence-electron chi connectivity index (χ0n) is 15.0. The highest BCUT2D eigenvalue weighted by Gasteiger charge is 2.21. The first-order valence-corrected chi connectivity index (χ1v) is 9.29. The molecular weight excluding hydrogens is 386 g/mol. The molecule has 29 heavy (non-hydrogen) atoms. The van der Waals surface area contributed by atoms with Crippen LogP contribution >= 0.6 is 11.8 Å². The Kier molecular flexibility index (Phi) is 6.22. The van der Waals surface area contributed by atoms with Crippen LogP contribution in [0.1, 0.15) is 16.8 Å². The Labute approximate surface area is 171 Å². The van der Waals surface area contributed by atoms with Gasteiger partial charge in [-0.05, 0) is 24.3 Å². The number of ether oxygens (including phenoxy) is 1. The van der Waals surface area contributed by atoms with E-state index in [1.807, 2.05) is 30.3 Å². The lowest BCUT2D eigenvalue weighted by molar-refractivity contribution is 0.366. The lowest BCUT2D eigenvalue weighted by Gasteiger charge is -2.12. The maximum absolute atomic E-state index is 9.78. The van der Waals surface area contributed by atoms with E-state index >= 15 is 0 Å². The average Bonchev–Trinajstić information content (AvgIpc) is 2.76. The third-order valence-electron chi connectivity index (χ3n) is 3.79. The fourth-order valence-electron chi connectivity index (χ4n) is 2.51. The van der Waals surface area contributed by atoms with Gasteiger partial charge in [-0.3, -0.25) is 9.97 Å². The van der Waals surface area contributed by atoms with E-state index in [-0.39, 0.29) is 23.6 Å². The van der Waals surface area contributed by atoms with Crippen molar-refractivity contribution in [1.29, 1.82) is 15.8 Å². The molecule has 0 aliphatic rings. The molecule has 0 fully saturated rings. The molecule has 0 aromatic carbocycles. The van der Waals surface area contributed by atoms with Gasteiger partial charge in [0.1, 0.15) is 40.4 Å². The summed E-state index contributed by atoms with van der Waals surface area (Å²) in [5.41, 5.74) is 7.83. The first-order chi connectivity index (χ1) is 14.2. The Morgan fingerprint density at radius 1 is 1.03 bits per heavy atom. The fraction of sp³-hybridized carbons (Fsp3) is 0.100. The van der Waals surface area contributed by atoms with E-state index < -0.39 is 0 Å². The van der Waals surface area contributed by atoms with Crippen LogP contribution in [0.4, 0.5) is 5.82 Å². The van der Waals surface area contributed by atoms with Gasteiger partial charge in [0.2, 0.25) is 0 Å². The van der Waals surface area contributed by atoms with Crippen LogP contribution in [0, 0.1) is 34.0 Å². The zero-order valence-corrected chi connectivity index (χ0v) is 15.8. The third kappa shape index (κ3) is 4.41. The van der Waals surface area contributed by atoms with Crippen molar-refractivity contribution in [3.05, 3.63) is 59.5 Å². The second kappa shape index (κ2) is 9.18. The Hall–Kier alpha value is -4.13. The molecule has 3 heterocycles. The van der Waals surface area contributed by atoms with Gasteiger partial charge in [-0.1, -0.05) is 17.8 Å². The first kappa shape index (κ1) is 19.6. The van der Waals surface area contributed by atoms with Crippen molar-refractivity contribution in [2.75, 3.05) is 12.3 Å². The molecule has 0 bridgehead atoms. The molecule has 2 N–H and O–H groups in total. The number of anilines is 1. The lowest BCUT2D eigenvalue weighted by atomic mass is 10.0. The maximum atomic E-state index is 9.78. The molecule has 3 aromatic rings. The highest BCUT2D eigenvalue weighted by atomic mass is 32.2. The van der Waals surface area contributed by atoms with Crippen LogP contribution < -0.4 is 10.5 Å². The summed E-state index contributed by atoms with van der Waals surface area (Å²) in [5, 5.41) is 28.3. The number of nitrogens with zero attached hydrogens (tertiary/aromatic N) is 6. The zero-order chi connectivity index (χ0) is 20.6. The third-order valence-corrected chi connectivity index (χ3v) is 4.80. The highest BCUT2D eigenvalue weighted by molar-refractivity contribution is 7.98. The van der Waals surface area contributed by atoms with Gasteiger partial charge in [-0.2, -0.15) is 15.8 Å². The molecule has 9 heteroatoms. The van der Waals surface area contributed by atoms with Crippen molar-refractivity contribution in [3.63, 3.8) is 0 Å². The normalized spacial score (nSPS) is 9.83. The van der Waals surface area contributed by atoms with Gasteiger partial charge in [-0.15, -0.1) is 0 Å². The molecule has 0 amide bonds. The van der Waals surface area contributed by atoms with E-state index in [9.17, 15) is 10.5 Å². The van der Waals surface area contributed by atoms with Gasteiger partial charge < -0.3 is 10.5 Å². The quantitative estimate of drug-likeness (QED) is 0.618. The van der Waals surface area contributed by atoms with E-state index in [0.717, 1.165) is 5.69 Å². The molecule has 0 atom stereocenters. The van der Waals surface area contributed by atoms with Crippen LogP contribution in [0.5, 0.6) is 5.75 Å². The van der Waals surface area contributed by atoms with Crippen LogP contribution in [0.3, 0.4) is 0 Å². The van der Waals surface area contributed by atoms with Gasteiger partial charge in [0.25, 0.3) is 0 Å². The number of hydrogen-bond donors (Lipinski definition) is 1. The summed E-state index contributed by atoms with van der Waals surface area (Å²) < 4.78 is 5.19. The largest absolute Gasteiger partial charge is 0.477 e. The van der Waals surface area contributed by atoms with Gasteiger partial charge in [0, 0.05) is 17.5 Å². The average molecular weight is 399 g/mol. The molecule has 0 aliphatic carbocycles. The number of rotatable bonds is 6. The summed E-state index contributed by atoms with van der Waals surface area (Å²) in [6, 6.07) is 14.8. The summed E-state index contributed by atoms with van der Waals surface area (Å²) in [4.78, 5) is 12.8. The number of pyridine rings is 3. The van der Waals surface area contributed by atoms with Gasteiger partial charge in [0.15, 0.2) is 6.61 Å². The molecule has 0 aliphatic heterocycles. The predicted molar refractivity (Wildman–Crippen MR) is 106 cm³/mol. The molecule has 0 saturated carbocycles. The van der Waals surface area contributed by atoms with E-state index in [2.05, 4.69) is 21.0 Å². The molecule has 0 radical (unpaired) electrons. The van der Waals surface area contributed by atoms with Gasteiger partial charge in [0.05, 0.1) is 23.1 Å². The smallest absolute Gasteiger partial charge is 0.174 e. The topological polar surface area (TPSA) is 145 Å². The Bertz CT molecular complexity index is 1140. The minimum Gasteiger partial charge on any atom is -0.477 e. The Balaban J connectivity index is 2.03. The molecule has 0 spiro atoms. The van der Waals surface area contributed by atoms with Crippen LogP contribution in [0.15, 0.2) is 47.8 Å². The molecule has 3 aromatic heterocycles. The molecule has 0 unspecified atom stereocenters. The summed E-state index contributed by atoms with van der Waals surface area (Å²) >= 11 is 1.31.